The van der Waals surface area contributed by atoms with Crippen LogP contribution >= 0.6 is 15.9 Å². The molecule has 1 rings (SSSR count). The molecule has 1 atom stereocenters. The Kier molecular flexibility index (Phi) is 5.21. The van der Waals surface area contributed by atoms with Gasteiger partial charge in [-0.1, -0.05) is 6.92 Å². The Morgan fingerprint density at radius 2 is 2.10 bits per heavy atom. The SMILES string of the molecule is Cn1nc(Br)cc1C(C)(CN)CNC(=O)OC(C)(C)C. The van der Waals surface area contributed by atoms with Crippen LogP contribution < -0.4 is 11.1 Å². The summed E-state index contributed by atoms with van der Waals surface area (Å²) in [6, 6.07) is 1.91. The second kappa shape index (κ2) is 6.13. The van der Waals surface area contributed by atoms with Gasteiger partial charge in [0.15, 0.2) is 0 Å². The van der Waals surface area contributed by atoms with Gasteiger partial charge in [0.25, 0.3) is 0 Å². The fourth-order valence-corrected chi connectivity index (χ4v) is 2.30. The third-order valence-corrected chi connectivity index (χ3v) is 3.33. The van der Waals surface area contributed by atoms with E-state index in [4.69, 9.17) is 10.5 Å². The molecule has 1 unspecified atom stereocenters. The van der Waals surface area contributed by atoms with Crippen molar-refractivity contribution in [3.05, 3.63) is 16.4 Å². The number of nitrogens with one attached hydrogen (secondary N) is 1. The summed E-state index contributed by atoms with van der Waals surface area (Å²) < 4.78 is 7.73. The highest BCUT2D eigenvalue weighted by Crippen LogP contribution is 2.24. The van der Waals surface area contributed by atoms with Crippen LogP contribution in [0.15, 0.2) is 10.7 Å². The van der Waals surface area contributed by atoms with Crippen molar-refractivity contribution in [2.24, 2.45) is 12.8 Å². The highest BCUT2D eigenvalue weighted by atomic mass is 79.9. The predicted molar refractivity (Wildman–Crippen MR) is 81.6 cm³/mol. The molecule has 0 saturated carbocycles. The molecule has 0 bridgehead atoms. The number of carbonyl (C=O) groups is 1. The molecule has 0 aliphatic heterocycles. The van der Waals surface area contributed by atoms with Crippen molar-refractivity contribution >= 4 is 22.0 Å². The second-order valence-corrected chi connectivity index (χ2v) is 6.91. The summed E-state index contributed by atoms with van der Waals surface area (Å²) in [7, 11) is 1.85. The van der Waals surface area contributed by atoms with E-state index in [2.05, 4.69) is 26.3 Å². The zero-order chi connectivity index (χ0) is 15.6. The molecular formula is C13H23BrN4O2. The van der Waals surface area contributed by atoms with Crippen LogP contribution in [0.2, 0.25) is 0 Å². The average Bonchev–Trinajstić information content (AvgIpc) is 2.64. The number of hydrogen-bond donors (Lipinski definition) is 2. The first-order valence-electron chi connectivity index (χ1n) is 6.44. The summed E-state index contributed by atoms with van der Waals surface area (Å²) in [4.78, 5) is 11.7. The first-order valence-corrected chi connectivity index (χ1v) is 7.24. The fourth-order valence-electron chi connectivity index (χ4n) is 1.85. The van der Waals surface area contributed by atoms with E-state index in [1.54, 1.807) is 4.68 Å². The molecule has 7 heteroatoms. The highest BCUT2D eigenvalue weighted by Gasteiger charge is 2.30. The number of halogens is 1. The van der Waals surface area contributed by atoms with Crippen LogP contribution in [0.4, 0.5) is 4.79 Å². The number of carbonyl (C=O) groups excluding carboxylic acids is 1. The molecule has 1 aromatic rings. The van der Waals surface area contributed by atoms with E-state index in [0.717, 1.165) is 10.3 Å². The van der Waals surface area contributed by atoms with Gasteiger partial charge in [-0.3, -0.25) is 4.68 Å². The minimum Gasteiger partial charge on any atom is -0.444 e. The van der Waals surface area contributed by atoms with Gasteiger partial charge in [-0.15, -0.1) is 0 Å². The number of hydrogen-bond acceptors (Lipinski definition) is 4. The molecule has 0 saturated heterocycles. The normalized spacial score (nSPS) is 14.8. The van der Waals surface area contributed by atoms with Crippen molar-refractivity contribution in [3.63, 3.8) is 0 Å². The zero-order valence-electron chi connectivity index (χ0n) is 12.7. The van der Waals surface area contributed by atoms with E-state index in [9.17, 15) is 4.79 Å². The number of alkyl carbamates (subject to hydrolysis) is 1. The molecule has 1 heterocycles. The standard InChI is InChI=1S/C13H23BrN4O2/c1-12(2,3)20-11(19)16-8-13(4,7-15)9-6-10(14)17-18(9)5/h6H,7-8,15H2,1-5H3,(H,16,19). The summed E-state index contributed by atoms with van der Waals surface area (Å²) >= 11 is 3.34. The molecule has 0 aliphatic carbocycles. The quantitative estimate of drug-likeness (QED) is 0.872. The van der Waals surface area contributed by atoms with Crippen molar-refractivity contribution in [1.82, 2.24) is 15.1 Å². The van der Waals surface area contributed by atoms with Crippen LogP contribution in [0.25, 0.3) is 0 Å². The van der Waals surface area contributed by atoms with Gasteiger partial charge in [-0.25, -0.2) is 4.79 Å². The summed E-state index contributed by atoms with van der Waals surface area (Å²) in [5.41, 5.74) is 5.90. The Labute approximate surface area is 128 Å². The molecule has 114 valence electrons. The number of aromatic nitrogens is 2. The summed E-state index contributed by atoms with van der Waals surface area (Å²) in [5.74, 6) is 0. The molecule has 6 nitrogen and oxygen atoms in total. The topological polar surface area (TPSA) is 82.2 Å². The molecule has 0 spiro atoms. The van der Waals surface area contributed by atoms with Crippen molar-refractivity contribution in [2.45, 2.75) is 38.7 Å². The molecule has 0 aromatic carbocycles. The van der Waals surface area contributed by atoms with Crippen molar-refractivity contribution < 1.29 is 9.53 Å². The fraction of sp³-hybridized carbons (Fsp3) is 0.692. The van der Waals surface area contributed by atoms with E-state index >= 15 is 0 Å². The lowest BCUT2D eigenvalue weighted by molar-refractivity contribution is 0.0515. The van der Waals surface area contributed by atoms with Gasteiger partial charge in [-0.2, -0.15) is 5.10 Å². The van der Waals surface area contributed by atoms with Gasteiger partial charge in [0.2, 0.25) is 0 Å². The van der Waals surface area contributed by atoms with Gasteiger partial charge in [0.05, 0.1) is 0 Å². The first kappa shape index (κ1) is 17.0. The van der Waals surface area contributed by atoms with Crippen LogP contribution in [-0.2, 0) is 17.2 Å². The van der Waals surface area contributed by atoms with Crippen LogP contribution in [0, 0.1) is 0 Å². The highest BCUT2D eigenvalue weighted by molar-refractivity contribution is 9.10. The predicted octanol–water partition coefficient (Wildman–Crippen LogP) is 1.92. The van der Waals surface area contributed by atoms with Crippen LogP contribution in [0.5, 0.6) is 0 Å². The molecule has 20 heavy (non-hydrogen) atoms. The molecule has 1 amide bonds. The third-order valence-electron chi connectivity index (χ3n) is 2.94. The lowest BCUT2D eigenvalue weighted by atomic mass is 9.86. The maximum atomic E-state index is 11.7. The van der Waals surface area contributed by atoms with Crippen molar-refractivity contribution in [2.75, 3.05) is 13.1 Å². The van der Waals surface area contributed by atoms with Crippen molar-refractivity contribution in [1.29, 1.82) is 0 Å². The van der Waals surface area contributed by atoms with Gasteiger partial charge in [0.1, 0.15) is 10.2 Å². The van der Waals surface area contributed by atoms with Crippen LogP contribution in [-0.4, -0.2) is 34.6 Å². The molecular weight excluding hydrogens is 324 g/mol. The Balaban J connectivity index is 2.76. The Morgan fingerprint density at radius 1 is 1.50 bits per heavy atom. The number of nitrogens with zero attached hydrogens (tertiary/aromatic N) is 2. The number of aryl methyl sites for hydroxylation is 1. The lowest BCUT2D eigenvalue weighted by Gasteiger charge is -2.29. The minimum absolute atomic E-state index is 0.379. The number of amides is 1. The number of ether oxygens (including phenoxy) is 1. The minimum atomic E-state index is -0.515. The molecule has 1 aromatic heterocycles. The van der Waals surface area contributed by atoms with Crippen LogP contribution in [0.1, 0.15) is 33.4 Å². The van der Waals surface area contributed by atoms with E-state index in [-0.39, 0.29) is 0 Å². The smallest absolute Gasteiger partial charge is 0.407 e. The van der Waals surface area contributed by atoms with Crippen LogP contribution in [0.3, 0.4) is 0 Å². The molecule has 0 aliphatic rings. The van der Waals surface area contributed by atoms with Gasteiger partial charge in [-0.05, 0) is 42.8 Å². The summed E-state index contributed by atoms with van der Waals surface area (Å²) in [6.07, 6.45) is -0.446. The van der Waals surface area contributed by atoms with E-state index in [1.807, 2.05) is 40.8 Å². The third kappa shape index (κ3) is 4.49. The number of nitrogens with two attached hydrogens (primary N) is 1. The Bertz CT molecular complexity index is 481. The average molecular weight is 347 g/mol. The van der Waals surface area contributed by atoms with E-state index in [1.165, 1.54) is 0 Å². The lowest BCUT2D eigenvalue weighted by Crippen LogP contribution is -2.46. The van der Waals surface area contributed by atoms with Crippen molar-refractivity contribution in [3.8, 4) is 0 Å². The molecule has 0 fully saturated rings. The van der Waals surface area contributed by atoms with E-state index in [0.29, 0.717) is 13.1 Å². The molecule has 0 radical (unpaired) electrons. The van der Waals surface area contributed by atoms with Gasteiger partial charge < -0.3 is 15.8 Å². The first-order chi connectivity index (χ1) is 9.07. The Hall–Kier alpha value is -1.08. The zero-order valence-corrected chi connectivity index (χ0v) is 14.2. The second-order valence-electron chi connectivity index (χ2n) is 6.10. The number of rotatable bonds is 4. The monoisotopic (exact) mass is 346 g/mol. The van der Waals surface area contributed by atoms with Gasteiger partial charge >= 0.3 is 6.09 Å². The maximum absolute atomic E-state index is 11.7. The largest absolute Gasteiger partial charge is 0.444 e. The molecule has 3 N–H and O–H groups in total. The maximum Gasteiger partial charge on any atom is 0.407 e. The Morgan fingerprint density at radius 3 is 2.50 bits per heavy atom. The summed E-state index contributed by atoms with van der Waals surface area (Å²) in [5, 5.41) is 7.01. The summed E-state index contributed by atoms with van der Waals surface area (Å²) in [6.45, 7) is 8.22. The van der Waals surface area contributed by atoms with Gasteiger partial charge in [0, 0.05) is 31.2 Å². The van der Waals surface area contributed by atoms with E-state index < -0.39 is 17.1 Å².